The second kappa shape index (κ2) is 7.31. The van der Waals surface area contributed by atoms with E-state index < -0.39 is 0 Å². The van der Waals surface area contributed by atoms with E-state index in [-0.39, 0.29) is 6.04 Å². The molecule has 2 aromatic heterocycles. The minimum Gasteiger partial charge on any atom is -0.477 e. The molecule has 118 valence electrons. The van der Waals surface area contributed by atoms with Crippen LogP contribution >= 0.6 is 0 Å². The van der Waals surface area contributed by atoms with Gasteiger partial charge in [0.15, 0.2) is 0 Å². The molecule has 5 heteroatoms. The van der Waals surface area contributed by atoms with Gasteiger partial charge in [-0.25, -0.2) is 15.0 Å². The van der Waals surface area contributed by atoms with Gasteiger partial charge in [0.2, 0.25) is 5.88 Å². The van der Waals surface area contributed by atoms with Crippen molar-refractivity contribution in [2.75, 3.05) is 6.61 Å². The Morgan fingerprint density at radius 1 is 1.14 bits per heavy atom. The first-order valence-corrected chi connectivity index (χ1v) is 7.59. The molecule has 0 radical (unpaired) electrons. The number of rotatable bonds is 6. The number of nitrogens with two attached hydrogens (primary N) is 1. The van der Waals surface area contributed by atoms with Crippen LogP contribution in [0, 0.1) is 19.8 Å². The summed E-state index contributed by atoms with van der Waals surface area (Å²) in [7, 11) is 0. The summed E-state index contributed by atoms with van der Waals surface area (Å²) >= 11 is 0. The fourth-order valence-corrected chi connectivity index (χ4v) is 2.39. The summed E-state index contributed by atoms with van der Waals surface area (Å²) in [5.74, 6) is 1.08. The quantitative estimate of drug-likeness (QED) is 0.888. The maximum Gasteiger partial charge on any atom is 0.216 e. The molecular formula is C17H24N4O. The van der Waals surface area contributed by atoms with E-state index in [0.29, 0.717) is 18.4 Å². The summed E-state index contributed by atoms with van der Waals surface area (Å²) in [6.45, 7) is 8.72. The first-order valence-electron chi connectivity index (χ1n) is 7.59. The normalized spacial score (nSPS) is 13.7. The summed E-state index contributed by atoms with van der Waals surface area (Å²) in [5, 5.41) is 0. The Labute approximate surface area is 132 Å². The number of aromatic nitrogens is 3. The second-order valence-corrected chi connectivity index (χ2v) is 6.02. The van der Waals surface area contributed by atoms with Gasteiger partial charge in [0, 0.05) is 29.1 Å². The van der Waals surface area contributed by atoms with Gasteiger partial charge in [-0.3, -0.25) is 0 Å². The highest BCUT2D eigenvalue weighted by atomic mass is 16.5. The largest absolute Gasteiger partial charge is 0.477 e. The highest BCUT2D eigenvalue weighted by Gasteiger charge is 2.10. The van der Waals surface area contributed by atoms with Crippen LogP contribution in [0.3, 0.4) is 0 Å². The maximum absolute atomic E-state index is 5.81. The number of hydrogen-bond acceptors (Lipinski definition) is 5. The lowest BCUT2D eigenvalue weighted by atomic mass is 10.0. The average Bonchev–Trinajstić information content (AvgIpc) is 2.45. The summed E-state index contributed by atoms with van der Waals surface area (Å²) in [6, 6.07) is 4.18. The molecule has 2 atom stereocenters. The second-order valence-electron chi connectivity index (χ2n) is 6.02. The predicted molar refractivity (Wildman–Crippen MR) is 87.7 cm³/mol. The molecule has 0 aliphatic rings. The molecule has 0 spiro atoms. The molecule has 22 heavy (non-hydrogen) atoms. The highest BCUT2D eigenvalue weighted by molar-refractivity contribution is 5.59. The van der Waals surface area contributed by atoms with Gasteiger partial charge in [-0.05, 0) is 45.2 Å². The van der Waals surface area contributed by atoms with Crippen LogP contribution in [0.15, 0.2) is 24.7 Å². The van der Waals surface area contributed by atoms with E-state index in [9.17, 15) is 0 Å². The molecule has 2 aromatic rings. The summed E-state index contributed by atoms with van der Waals surface area (Å²) < 4.78 is 5.81. The Morgan fingerprint density at radius 3 is 2.55 bits per heavy atom. The molecule has 0 fully saturated rings. The van der Waals surface area contributed by atoms with Crippen LogP contribution in [0.4, 0.5) is 0 Å². The Hall–Kier alpha value is -2.01. The topological polar surface area (TPSA) is 73.9 Å². The Kier molecular flexibility index (Phi) is 5.44. The zero-order chi connectivity index (χ0) is 16.1. The average molecular weight is 300 g/mol. The number of ether oxygens (including phenoxy) is 1. The van der Waals surface area contributed by atoms with E-state index in [1.165, 1.54) is 0 Å². The van der Waals surface area contributed by atoms with E-state index in [4.69, 9.17) is 10.5 Å². The number of nitrogens with zero attached hydrogens (tertiary/aromatic N) is 3. The molecule has 0 saturated carbocycles. The minimum absolute atomic E-state index is 0.191. The van der Waals surface area contributed by atoms with Gasteiger partial charge in [-0.1, -0.05) is 6.92 Å². The molecule has 0 aliphatic heterocycles. The van der Waals surface area contributed by atoms with Crippen molar-refractivity contribution in [3.63, 3.8) is 0 Å². The molecular weight excluding hydrogens is 276 g/mol. The van der Waals surface area contributed by atoms with Crippen molar-refractivity contribution in [1.82, 2.24) is 15.0 Å². The summed E-state index contributed by atoms with van der Waals surface area (Å²) in [4.78, 5) is 12.8. The van der Waals surface area contributed by atoms with Crippen LogP contribution in [-0.2, 0) is 0 Å². The molecule has 0 bridgehead atoms. The van der Waals surface area contributed by atoms with Gasteiger partial charge >= 0.3 is 0 Å². The molecule has 2 unspecified atom stereocenters. The predicted octanol–water partition coefficient (Wildman–Crippen LogP) is 2.91. The zero-order valence-corrected chi connectivity index (χ0v) is 13.7. The molecule has 0 aromatic carbocycles. The molecule has 0 saturated heterocycles. The Bertz CT molecular complexity index is 628. The van der Waals surface area contributed by atoms with Crippen LogP contribution in [0.2, 0.25) is 0 Å². The SMILES string of the molecule is Cc1cc(-c2cnc(OCC(C)CC(C)N)c(C)c2)ncn1. The molecule has 0 amide bonds. The monoisotopic (exact) mass is 300 g/mol. The van der Waals surface area contributed by atoms with Crippen molar-refractivity contribution >= 4 is 0 Å². The molecule has 0 aliphatic carbocycles. The highest BCUT2D eigenvalue weighted by Crippen LogP contribution is 2.23. The van der Waals surface area contributed by atoms with E-state index in [2.05, 4.69) is 21.9 Å². The van der Waals surface area contributed by atoms with Crippen LogP contribution in [0.1, 0.15) is 31.5 Å². The van der Waals surface area contributed by atoms with Crippen LogP contribution in [0.25, 0.3) is 11.3 Å². The molecule has 5 nitrogen and oxygen atoms in total. The Morgan fingerprint density at radius 2 is 1.91 bits per heavy atom. The van der Waals surface area contributed by atoms with E-state index in [1.807, 2.05) is 32.9 Å². The van der Waals surface area contributed by atoms with Crippen molar-refractivity contribution < 1.29 is 4.74 Å². The van der Waals surface area contributed by atoms with Gasteiger partial charge in [0.05, 0.1) is 12.3 Å². The number of pyridine rings is 1. The minimum atomic E-state index is 0.191. The third-order valence-corrected chi connectivity index (χ3v) is 3.41. The van der Waals surface area contributed by atoms with Gasteiger partial charge in [-0.2, -0.15) is 0 Å². The fraction of sp³-hybridized carbons (Fsp3) is 0.471. The smallest absolute Gasteiger partial charge is 0.216 e. The first kappa shape index (κ1) is 16.4. The van der Waals surface area contributed by atoms with Gasteiger partial charge in [-0.15, -0.1) is 0 Å². The summed E-state index contributed by atoms with van der Waals surface area (Å²) in [5.41, 5.74) is 9.59. The number of aryl methyl sites for hydroxylation is 2. The summed E-state index contributed by atoms with van der Waals surface area (Å²) in [6.07, 6.45) is 4.30. The van der Waals surface area contributed by atoms with E-state index in [0.717, 1.165) is 28.9 Å². The lowest BCUT2D eigenvalue weighted by molar-refractivity contribution is 0.237. The lowest BCUT2D eigenvalue weighted by Gasteiger charge is -2.15. The molecule has 2 heterocycles. The van der Waals surface area contributed by atoms with Crippen molar-refractivity contribution in [2.24, 2.45) is 11.7 Å². The lowest BCUT2D eigenvalue weighted by Crippen LogP contribution is -2.21. The maximum atomic E-state index is 5.81. The third kappa shape index (κ3) is 4.49. The van der Waals surface area contributed by atoms with Crippen molar-refractivity contribution in [2.45, 2.75) is 40.2 Å². The number of hydrogen-bond donors (Lipinski definition) is 1. The fourth-order valence-electron chi connectivity index (χ4n) is 2.39. The van der Waals surface area contributed by atoms with Gasteiger partial charge in [0.1, 0.15) is 6.33 Å². The van der Waals surface area contributed by atoms with Crippen molar-refractivity contribution in [3.05, 3.63) is 35.9 Å². The Balaban J connectivity index is 2.07. The van der Waals surface area contributed by atoms with Crippen molar-refractivity contribution in [3.8, 4) is 17.1 Å². The van der Waals surface area contributed by atoms with Crippen LogP contribution < -0.4 is 10.5 Å². The van der Waals surface area contributed by atoms with Crippen LogP contribution in [0.5, 0.6) is 5.88 Å². The first-order chi connectivity index (χ1) is 10.5. The molecule has 2 N–H and O–H groups in total. The van der Waals surface area contributed by atoms with E-state index in [1.54, 1.807) is 12.5 Å². The van der Waals surface area contributed by atoms with Crippen molar-refractivity contribution in [1.29, 1.82) is 0 Å². The van der Waals surface area contributed by atoms with Gasteiger partial charge in [0.25, 0.3) is 0 Å². The third-order valence-electron chi connectivity index (χ3n) is 3.41. The van der Waals surface area contributed by atoms with Gasteiger partial charge < -0.3 is 10.5 Å². The van der Waals surface area contributed by atoms with Crippen LogP contribution in [-0.4, -0.2) is 27.6 Å². The van der Waals surface area contributed by atoms with E-state index >= 15 is 0 Å². The molecule has 2 rings (SSSR count). The zero-order valence-electron chi connectivity index (χ0n) is 13.7. The standard InChI is InChI=1S/C17H24N4O/c1-11(5-13(3)18)9-22-17-12(2)6-15(8-19-17)16-7-14(4)20-10-21-16/h6-8,10-11,13H,5,9,18H2,1-4H3.